The summed E-state index contributed by atoms with van der Waals surface area (Å²) >= 11 is 0. The van der Waals surface area contributed by atoms with Crippen molar-refractivity contribution in [2.75, 3.05) is 54.3 Å². The average Bonchev–Trinajstić information content (AvgIpc) is 1.00. The zero-order chi connectivity index (χ0) is 103. The van der Waals surface area contributed by atoms with E-state index < -0.39 is 114 Å². The van der Waals surface area contributed by atoms with Gasteiger partial charge in [0.25, 0.3) is 6.47 Å². The number of nitrogens with two attached hydrogens (primary N) is 2. The van der Waals surface area contributed by atoms with Crippen molar-refractivity contribution >= 4 is 146 Å². The Morgan fingerprint density at radius 2 is 1.01 bits per heavy atom. The molecule has 38 heteroatoms. The van der Waals surface area contributed by atoms with E-state index in [1.54, 1.807) is 94.1 Å². The molecule has 2 saturated heterocycles. The molecule has 3 amide bonds. The van der Waals surface area contributed by atoms with Crippen molar-refractivity contribution in [2.24, 2.45) is 45.6 Å². The molecule has 6 heterocycles. The molecule has 4 aromatic heterocycles. The number of benzene rings is 4. The SMILES string of the molecule is Br.C.CN(c1c[c-]ccc1F)[Si](C)(C)C.Cc1cc(C(CCC2CC2)(NS(=O)C(C)(C)C)c2ccc(F)c(N)c2)ccn1.Cc1cc(C(CCC2CC2)(N[S@@](=O)C(C)(C)C)c2ccc(F)c(NC(=O)[C@H]3C[C@@H](CO)CN3C(=O)OC(C)(C)C)c2)ccn1.Cc1cc(C(CCC2CC2)=NS(=O)C(C)(C)C)ccn1.Cc1cc(C(N)(CCC2CC2)c2ccc(F)c(NC(=O)[C@H]3C[C@@H](CO)CN3)c2)ccn1.Cl.O=CO[O-].[H-].[Mg+2].[Na+]. The van der Waals surface area contributed by atoms with E-state index in [0.717, 1.165) is 126 Å². The Bertz CT molecular complexity index is 5650. The number of aliphatic hydroxyl groups is 2. The maximum atomic E-state index is 15.4. The van der Waals surface area contributed by atoms with E-state index in [2.05, 4.69) is 80.3 Å². The first kappa shape index (κ1) is 130. The monoisotopic (exact) mass is 2190 g/mol. The third-order valence-corrected chi connectivity index (χ3v) is 32.7. The van der Waals surface area contributed by atoms with Gasteiger partial charge >= 0.3 is 58.7 Å². The number of likely N-dealkylation sites (tertiary alicyclic amines) is 1. The van der Waals surface area contributed by atoms with E-state index in [4.69, 9.17) is 26.3 Å². The number of rotatable bonds is 33. The number of pyridine rings is 4. The Morgan fingerprint density at radius 1 is 0.593 bits per heavy atom. The normalized spacial score (nSPS) is 18.4. The molecule has 4 saturated carbocycles. The molecule has 0 radical (unpaired) electrons. The van der Waals surface area contributed by atoms with Crippen LogP contribution >= 0.6 is 29.4 Å². The van der Waals surface area contributed by atoms with Crippen LogP contribution in [0.1, 0.15) is 269 Å². The first-order valence-corrected chi connectivity index (χ1v) is 55.3. The van der Waals surface area contributed by atoms with Gasteiger partial charge in [0.15, 0.2) is 0 Å². The molecular weight excluding hydrogens is 2040 g/mol. The van der Waals surface area contributed by atoms with E-state index in [1.165, 1.54) is 67.7 Å². The van der Waals surface area contributed by atoms with Gasteiger partial charge in [0.2, 0.25) is 11.8 Å². The molecule has 792 valence electrons. The molecule has 6 aliphatic rings. The number of aliphatic hydroxyl groups excluding tert-OH is 2. The molecule has 8 aromatic rings. The zero-order valence-electron chi connectivity index (χ0n) is 88.6. The van der Waals surface area contributed by atoms with E-state index >= 15 is 4.39 Å². The van der Waals surface area contributed by atoms with Crippen LogP contribution in [-0.4, -0.2) is 174 Å². The molecule has 4 aromatic carbocycles. The first-order valence-electron chi connectivity index (χ1n) is 48.5. The number of nitrogens with one attached hydrogen (secondary N) is 5. The minimum absolute atomic E-state index is 0. The van der Waals surface area contributed by atoms with Crippen LogP contribution in [0.2, 0.25) is 19.6 Å². The fourth-order valence-corrected chi connectivity index (χ4v) is 19.7. The van der Waals surface area contributed by atoms with Crippen LogP contribution in [-0.2, 0) is 73.6 Å². The molecule has 10 atom stereocenters. The van der Waals surface area contributed by atoms with Gasteiger partial charge in [0.05, 0.1) is 81.6 Å². The zero-order valence-corrected chi connectivity index (χ0v) is 97.0. The fourth-order valence-electron chi connectivity index (χ4n) is 16.2. The molecule has 4 aliphatic carbocycles. The van der Waals surface area contributed by atoms with Gasteiger partial charge in [-0.05, 0) is 336 Å². The largest absolute Gasteiger partial charge is 2.00 e. The number of amides is 3. The molecule has 0 bridgehead atoms. The number of nitrogens with zero attached hydrogens (tertiary/aromatic N) is 7. The van der Waals surface area contributed by atoms with Crippen LogP contribution in [0.4, 0.5) is 45.1 Å². The van der Waals surface area contributed by atoms with Gasteiger partial charge in [-0.25, -0.2) is 44.4 Å². The second-order valence-electron chi connectivity index (χ2n) is 42.9. The van der Waals surface area contributed by atoms with E-state index in [-0.39, 0.29) is 169 Å². The number of nitrogen functional groups attached to an aromatic ring is 1. The van der Waals surface area contributed by atoms with Crippen molar-refractivity contribution < 1.29 is 105 Å². The summed E-state index contributed by atoms with van der Waals surface area (Å²) in [7, 11) is -3.53. The van der Waals surface area contributed by atoms with Gasteiger partial charge in [-0.15, -0.1) is 35.5 Å². The quantitative estimate of drug-likeness (QED) is 0.00270. The Balaban J connectivity index is 0.000000480. The van der Waals surface area contributed by atoms with Crippen LogP contribution < -0.4 is 76.2 Å². The van der Waals surface area contributed by atoms with Crippen molar-refractivity contribution in [3.05, 3.63) is 237 Å². The Kier molecular flexibility index (Phi) is 52.2. The Labute approximate surface area is 922 Å². The molecular formula is C107H155BrClF4MgN14NaO12S3Si. The third kappa shape index (κ3) is 39.7. The van der Waals surface area contributed by atoms with Crippen LogP contribution in [0.5, 0.6) is 0 Å². The number of aryl methyl sites for hydroxylation is 4. The molecule has 0 spiro atoms. The third-order valence-electron chi connectivity index (χ3n) is 25.7. The second kappa shape index (κ2) is 58.1. The van der Waals surface area contributed by atoms with Gasteiger partial charge in [-0.2, -0.15) is 22.6 Å². The number of carbonyl (C=O) groups excluding carboxylic acids is 4. The minimum atomic E-state index is -1.49. The number of anilines is 4. The van der Waals surface area contributed by atoms with Gasteiger partial charge < -0.3 is 58.5 Å². The van der Waals surface area contributed by atoms with E-state index in [1.807, 2.05) is 150 Å². The van der Waals surface area contributed by atoms with Crippen molar-refractivity contribution in [3.8, 4) is 0 Å². The van der Waals surface area contributed by atoms with Gasteiger partial charge in [-0.3, -0.25) is 39.2 Å². The van der Waals surface area contributed by atoms with Gasteiger partial charge in [-0.1, -0.05) is 96.6 Å². The van der Waals surface area contributed by atoms with Crippen molar-refractivity contribution in [3.63, 3.8) is 0 Å². The molecule has 5 unspecified atom stereocenters. The Morgan fingerprint density at radius 3 is 1.43 bits per heavy atom. The summed E-state index contributed by atoms with van der Waals surface area (Å²) < 4.78 is 114. The molecule has 14 rings (SSSR count). The number of carbonyl (C=O) groups is 4. The summed E-state index contributed by atoms with van der Waals surface area (Å²) in [5.41, 5.74) is 21.1. The van der Waals surface area contributed by atoms with Gasteiger partial charge in [0, 0.05) is 91.2 Å². The summed E-state index contributed by atoms with van der Waals surface area (Å²) in [6.07, 6.45) is 24.1. The number of ether oxygens (including phenoxy) is 1. The van der Waals surface area contributed by atoms with Crippen molar-refractivity contribution in [1.29, 1.82) is 0 Å². The number of halogens is 6. The van der Waals surface area contributed by atoms with Gasteiger partial charge in [0.1, 0.15) is 48.3 Å². The Hall–Kier alpha value is -6.93. The summed E-state index contributed by atoms with van der Waals surface area (Å²) in [5.74, 6) is -0.0453. The van der Waals surface area contributed by atoms with Crippen LogP contribution in [0.3, 0.4) is 0 Å². The second-order valence-corrected chi connectivity index (χ2v) is 53.8. The summed E-state index contributed by atoms with van der Waals surface area (Å²) in [5, 5.41) is 36.1. The summed E-state index contributed by atoms with van der Waals surface area (Å²) in [6.45, 7) is 37.3. The van der Waals surface area contributed by atoms with Crippen molar-refractivity contribution in [2.45, 2.75) is 302 Å². The van der Waals surface area contributed by atoms with Crippen molar-refractivity contribution in [1.82, 2.24) is 39.6 Å². The molecule has 2 aliphatic heterocycles. The molecule has 11 N–H and O–H groups in total. The van der Waals surface area contributed by atoms with Crippen LogP contribution in [0.25, 0.3) is 0 Å². The summed E-state index contributed by atoms with van der Waals surface area (Å²) in [4.78, 5) is 69.0. The van der Waals surface area contributed by atoms with E-state index in [0.29, 0.717) is 48.4 Å². The number of hydrogen-bond donors (Lipinski definition) is 9. The topological polar surface area (TPSA) is 384 Å². The van der Waals surface area contributed by atoms with E-state index in [9.17, 15) is 50.4 Å². The number of aromatic nitrogens is 4. The van der Waals surface area contributed by atoms with Crippen LogP contribution in [0.15, 0.2) is 151 Å². The first-order chi connectivity index (χ1) is 65.7. The average molecular weight is 2190 g/mol. The predicted molar refractivity (Wildman–Crippen MR) is 582 cm³/mol. The smallest absolute Gasteiger partial charge is 1.00 e. The van der Waals surface area contributed by atoms with Crippen LogP contribution in [0, 0.1) is 92.5 Å². The maximum Gasteiger partial charge on any atom is 2.00 e. The maximum absolute atomic E-state index is 15.4. The molecule has 26 nitrogen and oxygen atoms in total. The number of hydrogen-bond acceptors (Lipinski definition) is 20. The minimum Gasteiger partial charge on any atom is -1.00 e. The summed E-state index contributed by atoms with van der Waals surface area (Å²) in [6, 6.07) is 36.1. The molecule has 6 fully saturated rings. The fraction of sp³-hybridized carbons (Fsp3) is 0.542. The standard InChI is InChI=1S/C33H47FN4O5S.C24H31FN4O2.C22H30FN3OS.C16H24N2OS.C10H15FNSi.CH2O3.CH4.BrH.ClH.Mg.Na.H/c1-21-16-25(13-15-35-21)33(14-12-22-8-9-22,37-44(42)32(5,6)7)24-10-11-26(34)27(18-24)36-29(40)28-17-23(20-39)19-38(28)30(41)43-31(2,3)4;1-15-10-19(7-9-27-15)24(26,8-6-16-2-3-16)18-4-5-20(25)21(12-18)29-23(31)22-11-17(14-30)13-28-22;1-15-13-18(10-12-25-15)22(11-9-16-5-6-16,26-28(27)21(2,3)4)17-7-8-19(23)20(24)14-17;1-12-11-14(9-10-17-12)15(8-7-13-5-6-13)18-20(19)16(2,3)4;1-12(13(2,3)4)10-8-6-5-7-9(10)11;2-1-4-3;;;;;;/h10-11,13,15-16,18,22-23,28,37,39H,8-9,12,14,17,19-20H2,1-7H3,(H,36,40);4-5,7,9-10,12,16-17,22,28,30H,2-3,6,8,11,13-14,26H2,1H3,(H,29,31);7-8,10,12-14,16,26H,5-6,9,11,24H2,1-4H3;9-11,13H,5-8H2,1-4H3;5,7-8H,1-4H3;1,3H;1H4;2*1H;;;/q;;;;-1;;;;;+2;+1;-1/p-1/t23-,28-,33?,44+;17-,22-,24?;;;;;;;;;;/m11........../s1. The predicted octanol–water partition coefficient (Wildman–Crippen LogP) is 16.5. The molecule has 145 heavy (non-hydrogen) atoms.